The number of hydrogen-bond acceptors (Lipinski definition) is 3. The lowest BCUT2D eigenvalue weighted by Gasteiger charge is -2.14. The lowest BCUT2D eigenvalue weighted by Crippen LogP contribution is -1.99. The van der Waals surface area contributed by atoms with Crippen LogP contribution in [0.1, 0.15) is 0 Å². The third kappa shape index (κ3) is 3.85. The SMILES string of the molecule is O=[N+]([O-])c1ccccc1-c1cc2c(nc(-c3ccccc3)n2-c2ccccc2)c2c3ccccc3n(-c3ccccc3)c12. The number of rotatable bonds is 5. The van der Waals surface area contributed by atoms with Crippen LogP contribution in [0.15, 0.2) is 146 Å². The van der Waals surface area contributed by atoms with E-state index in [1.54, 1.807) is 12.1 Å². The molecule has 8 rings (SSSR count). The Bertz CT molecular complexity index is 2300. The molecule has 6 aromatic carbocycles. The summed E-state index contributed by atoms with van der Waals surface area (Å²) in [6.45, 7) is 0. The first-order chi connectivity index (χ1) is 21.2. The largest absolute Gasteiger partial charge is 0.309 e. The number of aromatic nitrogens is 3. The highest BCUT2D eigenvalue weighted by atomic mass is 16.6. The number of para-hydroxylation sites is 4. The standard InChI is InChI=1S/C37H24N4O2/c42-41(43)32-23-13-10-20-28(32)30-24-33-35(38-37(25-14-4-1-5-15-25)40(33)27-18-8-3-9-19-27)34-29-21-11-12-22-31(29)39(36(30)34)26-16-6-2-7-17-26/h1-24H. The number of hydrogen-bond donors (Lipinski definition) is 0. The van der Waals surface area contributed by atoms with E-state index in [1.807, 2.05) is 78.9 Å². The van der Waals surface area contributed by atoms with Gasteiger partial charge in [0, 0.05) is 39.3 Å². The lowest BCUT2D eigenvalue weighted by molar-refractivity contribution is -0.384. The Balaban J connectivity index is 1.65. The molecular weight excluding hydrogens is 532 g/mol. The van der Waals surface area contributed by atoms with Crippen LogP contribution in [0.4, 0.5) is 5.69 Å². The zero-order valence-corrected chi connectivity index (χ0v) is 23.0. The van der Waals surface area contributed by atoms with E-state index < -0.39 is 0 Å². The fraction of sp³-hybridized carbons (Fsp3) is 0. The second kappa shape index (κ2) is 9.82. The Kier molecular flexibility index (Phi) is 5.65. The van der Waals surface area contributed by atoms with Gasteiger partial charge in [-0.15, -0.1) is 0 Å². The number of benzene rings is 6. The van der Waals surface area contributed by atoms with E-state index in [4.69, 9.17) is 4.98 Å². The topological polar surface area (TPSA) is 65.9 Å². The Morgan fingerprint density at radius 1 is 0.581 bits per heavy atom. The third-order valence-electron chi connectivity index (χ3n) is 8.01. The van der Waals surface area contributed by atoms with Gasteiger partial charge in [-0.25, -0.2) is 4.98 Å². The maximum absolute atomic E-state index is 12.4. The van der Waals surface area contributed by atoms with E-state index in [9.17, 15) is 10.1 Å². The Labute approximate surface area is 246 Å². The molecule has 43 heavy (non-hydrogen) atoms. The summed E-state index contributed by atoms with van der Waals surface area (Å²) >= 11 is 0. The van der Waals surface area contributed by atoms with E-state index in [0.29, 0.717) is 5.56 Å². The molecule has 0 fully saturated rings. The van der Waals surface area contributed by atoms with Crippen LogP contribution in [0.5, 0.6) is 0 Å². The van der Waals surface area contributed by atoms with Crippen molar-refractivity contribution in [2.24, 2.45) is 0 Å². The van der Waals surface area contributed by atoms with Crippen LogP contribution in [-0.2, 0) is 0 Å². The van der Waals surface area contributed by atoms with Crippen molar-refractivity contribution in [3.63, 3.8) is 0 Å². The average molecular weight is 557 g/mol. The van der Waals surface area contributed by atoms with Crippen LogP contribution in [0, 0.1) is 10.1 Å². The molecule has 6 heteroatoms. The summed E-state index contributed by atoms with van der Waals surface area (Å²) in [5.74, 6) is 0.805. The molecule has 0 aliphatic heterocycles. The summed E-state index contributed by atoms with van der Waals surface area (Å²) in [6, 6.07) is 47.8. The quantitative estimate of drug-likeness (QED) is 0.157. The number of imidazole rings is 1. The van der Waals surface area contributed by atoms with Gasteiger partial charge in [0.2, 0.25) is 0 Å². The number of nitro benzene ring substituents is 1. The molecule has 2 heterocycles. The second-order valence-corrected chi connectivity index (χ2v) is 10.5. The van der Waals surface area contributed by atoms with E-state index in [0.717, 1.165) is 61.2 Å². The maximum Gasteiger partial charge on any atom is 0.277 e. The maximum atomic E-state index is 12.4. The highest BCUT2D eigenvalue weighted by molar-refractivity contribution is 6.24. The first kappa shape index (κ1) is 24.8. The molecule has 204 valence electrons. The molecule has 0 N–H and O–H groups in total. The minimum Gasteiger partial charge on any atom is -0.309 e. The molecule has 0 radical (unpaired) electrons. The van der Waals surface area contributed by atoms with Crippen LogP contribution < -0.4 is 0 Å². The number of nitrogens with zero attached hydrogens (tertiary/aromatic N) is 4. The summed E-state index contributed by atoms with van der Waals surface area (Å²) in [7, 11) is 0. The van der Waals surface area contributed by atoms with Crippen molar-refractivity contribution < 1.29 is 4.92 Å². The summed E-state index contributed by atoms with van der Waals surface area (Å²) in [4.78, 5) is 17.4. The molecule has 0 saturated heterocycles. The molecule has 0 aliphatic carbocycles. The number of fused-ring (bicyclic) bond motifs is 5. The van der Waals surface area contributed by atoms with E-state index in [-0.39, 0.29) is 10.6 Å². The molecule has 0 amide bonds. The highest BCUT2D eigenvalue weighted by Gasteiger charge is 2.27. The van der Waals surface area contributed by atoms with Crippen LogP contribution in [0.25, 0.3) is 66.7 Å². The van der Waals surface area contributed by atoms with Crippen molar-refractivity contribution in [3.05, 3.63) is 156 Å². The van der Waals surface area contributed by atoms with Gasteiger partial charge in [-0.3, -0.25) is 14.7 Å². The smallest absolute Gasteiger partial charge is 0.277 e. The van der Waals surface area contributed by atoms with Crippen molar-refractivity contribution in [3.8, 4) is 33.9 Å². The first-order valence-corrected chi connectivity index (χ1v) is 14.1. The Morgan fingerprint density at radius 3 is 1.86 bits per heavy atom. The van der Waals surface area contributed by atoms with Crippen LogP contribution in [-0.4, -0.2) is 19.0 Å². The monoisotopic (exact) mass is 556 g/mol. The second-order valence-electron chi connectivity index (χ2n) is 10.5. The van der Waals surface area contributed by atoms with E-state index in [2.05, 4.69) is 63.7 Å². The van der Waals surface area contributed by atoms with E-state index in [1.165, 1.54) is 0 Å². The molecule has 0 saturated carbocycles. The molecule has 0 aliphatic rings. The molecular formula is C37H24N4O2. The minimum atomic E-state index is -0.301. The highest BCUT2D eigenvalue weighted by Crippen LogP contribution is 2.45. The van der Waals surface area contributed by atoms with Gasteiger partial charge in [-0.1, -0.05) is 97.1 Å². The molecule has 2 aromatic heterocycles. The average Bonchev–Trinajstić information content (AvgIpc) is 3.62. The third-order valence-corrected chi connectivity index (χ3v) is 8.01. The fourth-order valence-corrected chi connectivity index (χ4v) is 6.22. The fourth-order valence-electron chi connectivity index (χ4n) is 6.22. The van der Waals surface area contributed by atoms with Crippen molar-refractivity contribution >= 4 is 38.5 Å². The van der Waals surface area contributed by atoms with Gasteiger partial charge < -0.3 is 4.57 Å². The molecule has 0 unspecified atom stereocenters. The predicted octanol–water partition coefficient (Wildman–Crippen LogP) is 9.36. The van der Waals surface area contributed by atoms with Gasteiger partial charge in [0.25, 0.3) is 5.69 Å². The molecule has 0 spiro atoms. The predicted molar refractivity (Wildman–Crippen MR) is 173 cm³/mol. The van der Waals surface area contributed by atoms with Crippen molar-refractivity contribution in [2.45, 2.75) is 0 Å². The normalized spacial score (nSPS) is 11.4. The molecule has 0 atom stereocenters. The van der Waals surface area contributed by atoms with Gasteiger partial charge in [0.15, 0.2) is 0 Å². The van der Waals surface area contributed by atoms with Crippen LogP contribution in [0.3, 0.4) is 0 Å². The Hall–Kier alpha value is -6.01. The van der Waals surface area contributed by atoms with Gasteiger partial charge in [0.1, 0.15) is 5.82 Å². The van der Waals surface area contributed by atoms with Gasteiger partial charge in [-0.05, 0) is 42.5 Å². The molecule has 0 bridgehead atoms. The lowest BCUT2D eigenvalue weighted by atomic mass is 9.99. The zero-order chi connectivity index (χ0) is 28.9. The summed E-state index contributed by atoms with van der Waals surface area (Å²) in [6.07, 6.45) is 0. The minimum absolute atomic E-state index is 0.0575. The van der Waals surface area contributed by atoms with Crippen LogP contribution >= 0.6 is 0 Å². The Morgan fingerprint density at radius 2 is 1.16 bits per heavy atom. The van der Waals surface area contributed by atoms with E-state index >= 15 is 0 Å². The van der Waals surface area contributed by atoms with Crippen LogP contribution in [0.2, 0.25) is 0 Å². The molecule has 6 nitrogen and oxygen atoms in total. The number of nitro groups is 1. The first-order valence-electron chi connectivity index (χ1n) is 14.1. The van der Waals surface area contributed by atoms with Gasteiger partial charge in [-0.2, -0.15) is 0 Å². The van der Waals surface area contributed by atoms with Gasteiger partial charge >= 0.3 is 0 Å². The van der Waals surface area contributed by atoms with Gasteiger partial charge in [0.05, 0.1) is 32.6 Å². The summed E-state index contributed by atoms with van der Waals surface area (Å²) in [5, 5.41) is 14.4. The molecule has 8 aromatic rings. The summed E-state index contributed by atoms with van der Waals surface area (Å²) in [5.41, 5.74) is 7.90. The van der Waals surface area contributed by atoms with Crippen molar-refractivity contribution in [1.29, 1.82) is 0 Å². The summed E-state index contributed by atoms with van der Waals surface area (Å²) < 4.78 is 4.37. The van der Waals surface area contributed by atoms with Crippen molar-refractivity contribution in [1.82, 2.24) is 14.1 Å². The van der Waals surface area contributed by atoms with Crippen molar-refractivity contribution in [2.75, 3.05) is 0 Å². The zero-order valence-electron chi connectivity index (χ0n) is 23.0.